The van der Waals surface area contributed by atoms with Gasteiger partial charge in [0, 0.05) is 5.54 Å². The van der Waals surface area contributed by atoms with Gasteiger partial charge in [0.1, 0.15) is 0 Å². The Hall–Kier alpha value is -0.900. The third-order valence-electron chi connectivity index (χ3n) is 1.90. The summed E-state index contributed by atoms with van der Waals surface area (Å²) in [6.07, 6.45) is 0.988. The fraction of sp³-hybridized carbons (Fsp3) is 0.714. The van der Waals surface area contributed by atoms with Crippen molar-refractivity contribution >= 4 is 12.2 Å². The molecule has 0 aliphatic heterocycles. The Bertz CT molecular complexity index is 184. The number of carbonyl (C=O) groups excluding carboxylic acids is 2. The van der Waals surface area contributed by atoms with E-state index in [2.05, 4.69) is 5.32 Å². The number of aliphatic hydroxyl groups excluding tert-OH is 1. The normalized spacial score (nSPS) is 35.6. The van der Waals surface area contributed by atoms with Crippen LogP contribution in [0.25, 0.3) is 0 Å². The fourth-order valence-electron chi connectivity index (χ4n) is 1.41. The molecule has 0 aromatic carbocycles. The molecule has 1 fully saturated rings. The molecule has 1 saturated carbocycles. The van der Waals surface area contributed by atoms with Crippen LogP contribution >= 0.6 is 0 Å². The van der Waals surface area contributed by atoms with Gasteiger partial charge in [0.25, 0.3) is 5.91 Å². The topological polar surface area (TPSA) is 66.4 Å². The average Bonchev–Trinajstić information content (AvgIpc) is 1.84. The first-order valence-corrected chi connectivity index (χ1v) is 3.51. The number of nitrogens with one attached hydrogen (secondary N) is 1. The van der Waals surface area contributed by atoms with Crippen LogP contribution in [-0.4, -0.2) is 28.9 Å². The number of aldehydes is 1. The summed E-state index contributed by atoms with van der Waals surface area (Å²) in [5.41, 5.74) is -0.364. The Labute approximate surface area is 64.6 Å². The second-order valence-corrected chi connectivity index (χ2v) is 3.23. The molecule has 0 spiro atoms. The molecular weight excluding hydrogens is 146 g/mol. The minimum atomic E-state index is -0.612. The van der Waals surface area contributed by atoms with Crippen LogP contribution in [0.1, 0.15) is 19.8 Å². The highest BCUT2D eigenvalue weighted by molar-refractivity contribution is 6.23. The van der Waals surface area contributed by atoms with Crippen molar-refractivity contribution in [2.75, 3.05) is 0 Å². The molecule has 0 saturated heterocycles. The van der Waals surface area contributed by atoms with Gasteiger partial charge in [0.15, 0.2) is 0 Å². The summed E-state index contributed by atoms with van der Waals surface area (Å²) in [6.45, 7) is 1.81. The quantitative estimate of drug-likeness (QED) is 0.408. The maximum absolute atomic E-state index is 10.6. The van der Waals surface area contributed by atoms with Crippen LogP contribution in [0, 0.1) is 0 Å². The van der Waals surface area contributed by atoms with Crippen LogP contribution in [0.5, 0.6) is 0 Å². The lowest BCUT2D eigenvalue weighted by atomic mass is 9.76. The molecule has 1 amide bonds. The third-order valence-corrected chi connectivity index (χ3v) is 1.90. The Morgan fingerprint density at radius 1 is 1.73 bits per heavy atom. The number of carbonyl (C=O) groups is 2. The van der Waals surface area contributed by atoms with E-state index in [1.54, 1.807) is 6.92 Å². The van der Waals surface area contributed by atoms with Crippen molar-refractivity contribution < 1.29 is 14.7 Å². The Morgan fingerprint density at radius 2 is 2.27 bits per heavy atom. The van der Waals surface area contributed by atoms with Crippen molar-refractivity contribution in [2.45, 2.75) is 31.4 Å². The van der Waals surface area contributed by atoms with Gasteiger partial charge in [-0.25, -0.2) is 0 Å². The molecule has 62 valence electrons. The minimum Gasteiger partial charge on any atom is -0.393 e. The molecule has 1 aliphatic carbocycles. The second-order valence-electron chi connectivity index (χ2n) is 3.23. The van der Waals surface area contributed by atoms with Gasteiger partial charge in [-0.2, -0.15) is 0 Å². The highest BCUT2D eigenvalue weighted by Gasteiger charge is 2.40. The van der Waals surface area contributed by atoms with Crippen molar-refractivity contribution in [1.82, 2.24) is 5.32 Å². The zero-order valence-electron chi connectivity index (χ0n) is 6.33. The largest absolute Gasteiger partial charge is 0.393 e. The lowest BCUT2D eigenvalue weighted by molar-refractivity contribution is -0.134. The Kier molecular flexibility index (Phi) is 1.95. The summed E-state index contributed by atoms with van der Waals surface area (Å²) in [6, 6.07) is 0. The molecular formula is C7H11NO3. The molecule has 0 atom stereocenters. The molecule has 1 aliphatic rings. The van der Waals surface area contributed by atoms with Crippen LogP contribution in [0.3, 0.4) is 0 Å². The lowest BCUT2D eigenvalue weighted by Crippen LogP contribution is -2.57. The van der Waals surface area contributed by atoms with Gasteiger partial charge in [-0.1, -0.05) is 0 Å². The molecule has 0 radical (unpaired) electrons. The van der Waals surface area contributed by atoms with Crippen molar-refractivity contribution in [3.8, 4) is 0 Å². The van der Waals surface area contributed by atoms with Gasteiger partial charge in [-0.05, 0) is 19.8 Å². The van der Waals surface area contributed by atoms with Crippen molar-refractivity contribution in [3.63, 3.8) is 0 Å². The first-order chi connectivity index (χ1) is 5.06. The summed E-state index contributed by atoms with van der Waals surface area (Å²) >= 11 is 0. The number of amides is 1. The number of aliphatic hydroxyl groups is 1. The molecule has 0 unspecified atom stereocenters. The van der Waals surface area contributed by atoms with Gasteiger partial charge < -0.3 is 10.4 Å². The average molecular weight is 157 g/mol. The van der Waals surface area contributed by atoms with E-state index >= 15 is 0 Å². The summed E-state index contributed by atoms with van der Waals surface area (Å²) < 4.78 is 0. The predicted molar refractivity (Wildman–Crippen MR) is 37.9 cm³/mol. The van der Waals surface area contributed by atoms with E-state index in [9.17, 15) is 9.59 Å². The van der Waals surface area contributed by atoms with E-state index in [0.717, 1.165) is 0 Å². The second kappa shape index (κ2) is 2.62. The standard InChI is InChI=1S/C7H11NO3/c1-7(2-5(10)3-7)8-6(11)4-9/h4-5,10H,2-3H2,1H3,(H,8,11). The predicted octanol–water partition coefficient (Wildman–Crippen LogP) is -0.785. The van der Waals surface area contributed by atoms with Crippen LogP contribution in [-0.2, 0) is 9.59 Å². The number of rotatable bonds is 2. The molecule has 0 aromatic heterocycles. The van der Waals surface area contributed by atoms with Gasteiger partial charge in [0.05, 0.1) is 6.10 Å². The van der Waals surface area contributed by atoms with Gasteiger partial charge >= 0.3 is 0 Å². The summed E-state index contributed by atoms with van der Waals surface area (Å²) in [5, 5.41) is 11.4. The van der Waals surface area contributed by atoms with E-state index in [0.29, 0.717) is 12.8 Å². The van der Waals surface area contributed by atoms with Crippen molar-refractivity contribution in [1.29, 1.82) is 0 Å². The van der Waals surface area contributed by atoms with E-state index in [-0.39, 0.29) is 17.9 Å². The SMILES string of the molecule is CC1(NC(=O)C=O)CC(O)C1. The number of hydrogen-bond donors (Lipinski definition) is 2. The molecule has 0 bridgehead atoms. The summed E-state index contributed by atoms with van der Waals surface area (Å²) in [4.78, 5) is 20.5. The fourth-order valence-corrected chi connectivity index (χ4v) is 1.41. The monoisotopic (exact) mass is 157 g/mol. The molecule has 0 aromatic rings. The summed E-state index contributed by atoms with van der Waals surface area (Å²) in [5.74, 6) is -0.612. The molecule has 4 heteroatoms. The minimum absolute atomic E-state index is 0.246. The third kappa shape index (κ3) is 1.77. The van der Waals surface area contributed by atoms with E-state index in [1.807, 2.05) is 0 Å². The molecule has 11 heavy (non-hydrogen) atoms. The molecule has 1 rings (SSSR count). The maximum atomic E-state index is 10.6. The smallest absolute Gasteiger partial charge is 0.284 e. The molecule has 4 nitrogen and oxygen atoms in total. The Morgan fingerprint density at radius 3 is 2.64 bits per heavy atom. The van der Waals surface area contributed by atoms with Gasteiger partial charge in [0.2, 0.25) is 6.29 Å². The van der Waals surface area contributed by atoms with Crippen molar-refractivity contribution in [2.24, 2.45) is 0 Å². The van der Waals surface area contributed by atoms with Crippen molar-refractivity contribution in [3.05, 3.63) is 0 Å². The lowest BCUT2D eigenvalue weighted by Gasteiger charge is -2.42. The summed E-state index contributed by atoms with van der Waals surface area (Å²) in [7, 11) is 0. The molecule has 0 heterocycles. The van der Waals surface area contributed by atoms with Crippen LogP contribution in [0.15, 0.2) is 0 Å². The maximum Gasteiger partial charge on any atom is 0.284 e. The van der Waals surface area contributed by atoms with E-state index in [4.69, 9.17) is 5.11 Å². The van der Waals surface area contributed by atoms with E-state index in [1.165, 1.54) is 0 Å². The van der Waals surface area contributed by atoms with E-state index < -0.39 is 5.91 Å². The first kappa shape index (κ1) is 8.20. The van der Waals surface area contributed by atoms with Crippen LogP contribution in [0.2, 0.25) is 0 Å². The highest BCUT2D eigenvalue weighted by atomic mass is 16.3. The number of hydrogen-bond acceptors (Lipinski definition) is 3. The highest BCUT2D eigenvalue weighted by Crippen LogP contribution is 2.31. The zero-order chi connectivity index (χ0) is 8.48. The van der Waals surface area contributed by atoms with Crippen LogP contribution < -0.4 is 5.32 Å². The zero-order valence-corrected chi connectivity index (χ0v) is 6.33. The van der Waals surface area contributed by atoms with Gasteiger partial charge in [-0.3, -0.25) is 9.59 Å². The first-order valence-electron chi connectivity index (χ1n) is 3.51. The molecule has 2 N–H and O–H groups in total. The Balaban J connectivity index is 2.37. The van der Waals surface area contributed by atoms with Crippen LogP contribution in [0.4, 0.5) is 0 Å². The van der Waals surface area contributed by atoms with Gasteiger partial charge in [-0.15, -0.1) is 0 Å².